The van der Waals surface area contributed by atoms with Crippen molar-refractivity contribution in [1.82, 2.24) is 10.6 Å². The normalized spacial score (nSPS) is 32.5. The van der Waals surface area contributed by atoms with Crippen molar-refractivity contribution in [2.45, 2.75) is 70.6 Å². The topological polar surface area (TPSA) is 87.7 Å². The lowest BCUT2D eigenvalue weighted by Gasteiger charge is -2.33. The van der Waals surface area contributed by atoms with Gasteiger partial charge in [0.15, 0.2) is 0 Å². The van der Waals surface area contributed by atoms with Gasteiger partial charge in [0.2, 0.25) is 0 Å². The van der Waals surface area contributed by atoms with E-state index in [0.717, 1.165) is 25.7 Å². The number of hydrogen-bond donors (Lipinski definition) is 3. The van der Waals surface area contributed by atoms with E-state index in [1.165, 1.54) is 0 Å². The lowest BCUT2D eigenvalue weighted by atomic mass is 9.86. The van der Waals surface area contributed by atoms with Crippen LogP contribution >= 0.6 is 0 Å². The summed E-state index contributed by atoms with van der Waals surface area (Å²) in [6, 6.07) is 0.126. The molecule has 6 heteroatoms. The van der Waals surface area contributed by atoms with Gasteiger partial charge in [-0.05, 0) is 44.4 Å². The molecule has 2 rings (SSSR count). The molecule has 22 heavy (non-hydrogen) atoms. The van der Waals surface area contributed by atoms with Gasteiger partial charge in [-0.3, -0.25) is 4.79 Å². The molecule has 126 valence electrons. The molecule has 3 N–H and O–H groups in total. The van der Waals surface area contributed by atoms with Crippen molar-refractivity contribution >= 4 is 12.0 Å². The zero-order chi connectivity index (χ0) is 16.1. The Hall–Kier alpha value is -1.30. The van der Waals surface area contributed by atoms with Crippen molar-refractivity contribution < 1.29 is 19.4 Å². The SMILES string of the molecule is CC(C)C1CC(NC(=O)NC2CCC(C(=O)O)CC2)CCO1. The highest BCUT2D eigenvalue weighted by molar-refractivity contribution is 5.74. The molecule has 0 aromatic heterocycles. The molecule has 1 saturated heterocycles. The van der Waals surface area contributed by atoms with Gasteiger partial charge in [0, 0.05) is 18.7 Å². The number of urea groups is 1. The maximum atomic E-state index is 12.1. The van der Waals surface area contributed by atoms with Gasteiger partial charge in [0.1, 0.15) is 0 Å². The maximum absolute atomic E-state index is 12.1. The van der Waals surface area contributed by atoms with E-state index in [-0.39, 0.29) is 30.1 Å². The molecule has 1 saturated carbocycles. The van der Waals surface area contributed by atoms with Crippen molar-refractivity contribution in [1.29, 1.82) is 0 Å². The zero-order valence-electron chi connectivity index (χ0n) is 13.5. The second-order valence-electron chi connectivity index (χ2n) is 6.88. The van der Waals surface area contributed by atoms with Crippen LogP contribution in [0, 0.1) is 11.8 Å². The zero-order valence-corrected chi connectivity index (χ0v) is 13.5. The minimum atomic E-state index is -0.718. The molecule has 0 aromatic rings. The predicted octanol–water partition coefficient (Wildman–Crippen LogP) is 2.13. The fourth-order valence-electron chi connectivity index (χ4n) is 3.32. The number of carboxylic acids is 1. The molecule has 1 heterocycles. The Morgan fingerprint density at radius 3 is 2.27 bits per heavy atom. The van der Waals surface area contributed by atoms with Crippen LogP contribution in [0.4, 0.5) is 4.79 Å². The predicted molar refractivity (Wildman–Crippen MR) is 82.6 cm³/mol. The molecule has 0 aromatic carbocycles. The maximum Gasteiger partial charge on any atom is 0.315 e. The van der Waals surface area contributed by atoms with Crippen molar-refractivity contribution in [2.24, 2.45) is 11.8 Å². The first-order valence-electron chi connectivity index (χ1n) is 8.37. The molecule has 1 aliphatic heterocycles. The average Bonchev–Trinajstić information content (AvgIpc) is 2.47. The quantitative estimate of drug-likeness (QED) is 0.742. The van der Waals surface area contributed by atoms with Crippen LogP contribution in [0.5, 0.6) is 0 Å². The Morgan fingerprint density at radius 1 is 1.05 bits per heavy atom. The first-order chi connectivity index (χ1) is 10.5. The van der Waals surface area contributed by atoms with E-state index in [0.29, 0.717) is 25.4 Å². The molecule has 0 bridgehead atoms. The van der Waals surface area contributed by atoms with E-state index >= 15 is 0 Å². The number of nitrogens with one attached hydrogen (secondary N) is 2. The largest absolute Gasteiger partial charge is 0.481 e. The van der Waals surface area contributed by atoms with Crippen LogP contribution in [-0.4, -0.2) is 41.9 Å². The van der Waals surface area contributed by atoms with Gasteiger partial charge in [-0.15, -0.1) is 0 Å². The Labute approximate surface area is 132 Å². The van der Waals surface area contributed by atoms with Gasteiger partial charge in [0.05, 0.1) is 12.0 Å². The van der Waals surface area contributed by atoms with Crippen LogP contribution in [-0.2, 0) is 9.53 Å². The molecule has 1 aliphatic carbocycles. The van der Waals surface area contributed by atoms with Gasteiger partial charge in [-0.1, -0.05) is 13.8 Å². The molecule has 6 nitrogen and oxygen atoms in total. The number of carboxylic acid groups (broad SMARTS) is 1. The van der Waals surface area contributed by atoms with Crippen molar-refractivity contribution in [2.75, 3.05) is 6.61 Å². The molecule has 2 atom stereocenters. The van der Waals surface area contributed by atoms with Crippen LogP contribution in [0.1, 0.15) is 52.4 Å². The third-order valence-corrected chi connectivity index (χ3v) is 4.81. The van der Waals surface area contributed by atoms with Gasteiger partial charge in [0.25, 0.3) is 0 Å². The number of carbonyl (C=O) groups excluding carboxylic acids is 1. The Kier molecular flexibility index (Phi) is 6.06. The van der Waals surface area contributed by atoms with Crippen LogP contribution in [0.15, 0.2) is 0 Å². The number of amides is 2. The van der Waals surface area contributed by atoms with Gasteiger partial charge in [-0.25, -0.2) is 4.79 Å². The summed E-state index contributed by atoms with van der Waals surface area (Å²) in [6.07, 6.45) is 4.70. The molecule has 2 aliphatic rings. The Morgan fingerprint density at radius 2 is 1.68 bits per heavy atom. The number of rotatable bonds is 4. The smallest absolute Gasteiger partial charge is 0.315 e. The fourth-order valence-corrected chi connectivity index (χ4v) is 3.32. The summed E-state index contributed by atoms with van der Waals surface area (Å²) < 4.78 is 5.71. The van der Waals surface area contributed by atoms with Gasteiger partial charge in [-0.2, -0.15) is 0 Å². The molecule has 0 spiro atoms. The summed E-state index contributed by atoms with van der Waals surface area (Å²) in [5.74, 6) is -0.507. The van der Waals surface area contributed by atoms with Crippen LogP contribution < -0.4 is 10.6 Å². The second kappa shape index (κ2) is 7.81. The number of aliphatic carboxylic acids is 1. The Balaban J connectivity index is 1.71. The van der Waals surface area contributed by atoms with E-state index in [2.05, 4.69) is 24.5 Å². The molecule has 2 amide bonds. The van der Waals surface area contributed by atoms with Crippen molar-refractivity contribution in [3.63, 3.8) is 0 Å². The van der Waals surface area contributed by atoms with Gasteiger partial charge < -0.3 is 20.5 Å². The van der Waals surface area contributed by atoms with E-state index in [4.69, 9.17) is 9.84 Å². The summed E-state index contributed by atoms with van der Waals surface area (Å²) in [6.45, 7) is 4.96. The van der Waals surface area contributed by atoms with Crippen molar-refractivity contribution in [3.8, 4) is 0 Å². The molecular formula is C16H28N2O4. The lowest BCUT2D eigenvalue weighted by molar-refractivity contribution is -0.142. The van der Waals surface area contributed by atoms with E-state index in [9.17, 15) is 9.59 Å². The molecular weight excluding hydrogens is 284 g/mol. The number of carbonyl (C=O) groups is 2. The minimum Gasteiger partial charge on any atom is -0.481 e. The van der Waals surface area contributed by atoms with E-state index < -0.39 is 5.97 Å². The van der Waals surface area contributed by atoms with Gasteiger partial charge >= 0.3 is 12.0 Å². The second-order valence-corrected chi connectivity index (χ2v) is 6.88. The molecule has 2 unspecified atom stereocenters. The fraction of sp³-hybridized carbons (Fsp3) is 0.875. The average molecular weight is 312 g/mol. The first kappa shape index (κ1) is 17.1. The highest BCUT2D eigenvalue weighted by Gasteiger charge is 2.29. The van der Waals surface area contributed by atoms with Crippen LogP contribution in [0.3, 0.4) is 0 Å². The first-order valence-corrected chi connectivity index (χ1v) is 8.37. The summed E-state index contributed by atoms with van der Waals surface area (Å²) >= 11 is 0. The number of ether oxygens (including phenoxy) is 1. The van der Waals surface area contributed by atoms with Crippen molar-refractivity contribution in [3.05, 3.63) is 0 Å². The van der Waals surface area contributed by atoms with E-state index in [1.807, 2.05) is 0 Å². The highest BCUT2D eigenvalue weighted by Crippen LogP contribution is 2.24. The highest BCUT2D eigenvalue weighted by atomic mass is 16.5. The molecule has 2 fully saturated rings. The lowest BCUT2D eigenvalue weighted by Crippen LogP contribution is -2.50. The monoisotopic (exact) mass is 312 g/mol. The third-order valence-electron chi connectivity index (χ3n) is 4.81. The Bertz CT molecular complexity index is 392. The summed E-state index contributed by atoms with van der Waals surface area (Å²) in [5.41, 5.74) is 0. The van der Waals surface area contributed by atoms with Crippen LogP contribution in [0.2, 0.25) is 0 Å². The minimum absolute atomic E-state index is 0.0938. The summed E-state index contributed by atoms with van der Waals surface area (Å²) in [7, 11) is 0. The summed E-state index contributed by atoms with van der Waals surface area (Å²) in [4.78, 5) is 23.0. The number of hydrogen-bond acceptors (Lipinski definition) is 3. The standard InChI is InChI=1S/C16H28N2O4/c1-10(2)14-9-13(7-8-22-14)18-16(21)17-12-5-3-11(4-6-12)15(19)20/h10-14H,3-9H2,1-2H3,(H,19,20)(H2,17,18,21). The summed E-state index contributed by atoms with van der Waals surface area (Å²) in [5, 5.41) is 15.0. The van der Waals surface area contributed by atoms with Crippen LogP contribution in [0.25, 0.3) is 0 Å². The molecule has 0 radical (unpaired) electrons. The third kappa shape index (κ3) is 4.87. The van der Waals surface area contributed by atoms with E-state index in [1.54, 1.807) is 0 Å².